The molecule has 4 aromatic rings. The van der Waals surface area contributed by atoms with Crippen molar-refractivity contribution in [3.8, 4) is 17.3 Å². The predicted octanol–water partition coefficient (Wildman–Crippen LogP) is 3.64. The summed E-state index contributed by atoms with van der Waals surface area (Å²) in [7, 11) is 0. The summed E-state index contributed by atoms with van der Waals surface area (Å²) in [5.74, 6) is 0.664. The van der Waals surface area contributed by atoms with Crippen LogP contribution in [-0.4, -0.2) is 20.2 Å². The van der Waals surface area contributed by atoms with Crippen LogP contribution in [0, 0.1) is 11.3 Å². The largest absolute Gasteiger partial charge is 0.339 e. The average molecular weight is 312 g/mol. The highest BCUT2D eigenvalue weighted by Gasteiger charge is 2.14. The van der Waals surface area contributed by atoms with Crippen molar-refractivity contribution >= 4 is 22.5 Å². The Bertz CT molecular complexity index is 1030. The molecule has 0 unspecified atom stereocenters. The Hall–Kier alpha value is -3.72. The quantitative estimate of drug-likeness (QED) is 0.603. The standard InChI is InChI=1S/C18H12N6/c19-10-12-6-8-14(9-7-12)22-17-15-16(13-4-2-1-3-5-13)23-24-18(15)21-11-20-17/h1-9,11H,(H2,20,21,22,23,24). The van der Waals surface area contributed by atoms with Crippen LogP contribution in [0.1, 0.15) is 5.56 Å². The lowest BCUT2D eigenvalue weighted by Crippen LogP contribution is -1.96. The van der Waals surface area contributed by atoms with Crippen molar-refractivity contribution in [1.82, 2.24) is 20.2 Å². The molecule has 0 aliphatic heterocycles. The third-order valence-corrected chi connectivity index (χ3v) is 3.68. The van der Waals surface area contributed by atoms with Crippen molar-refractivity contribution in [2.75, 3.05) is 5.32 Å². The molecule has 2 aromatic carbocycles. The lowest BCUT2D eigenvalue weighted by molar-refractivity contribution is 1.09. The first-order valence-electron chi connectivity index (χ1n) is 7.37. The first-order chi connectivity index (χ1) is 11.8. The van der Waals surface area contributed by atoms with Gasteiger partial charge in [-0.05, 0) is 24.3 Å². The molecule has 4 rings (SSSR count). The number of benzene rings is 2. The van der Waals surface area contributed by atoms with E-state index in [1.54, 1.807) is 12.1 Å². The summed E-state index contributed by atoms with van der Waals surface area (Å²) in [4.78, 5) is 8.60. The molecular formula is C18H12N6. The van der Waals surface area contributed by atoms with E-state index < -0.39 is 0 Å². The molecule has 0 saturated carbocycles. The van der Waals surface area contributed by atoms with Gasteiger partial charge in [0.05, 0.1) is 17.0 Å². The summed E-state index contributed by atoms with van der Waals surface area (Å²) in [5.41, 5.74) is 3.90. The van der Waals surface area contributed by atoms with Gasteiger partial charge in [-0.3, -0.25) is 5.10 Å². The number of H-pyrrole nitrogens is 1. The van der Waals surface area contributed by atoms with Crippen LogP contribution < -0.4 is 5.32 Å². The number of hydrogen-bond acceptors (Lipinski definition) is 5. The average Bonchev–Trinajstić information content (AvgIpc) is 3.08. The summed E-state index contributed by atoms with van der Waals surface area (Å²) in [5, 5.41) is 20.3. The summed E-state index contributed by atoms with van der Waals surface area (Å²) in [6.45, 7) is 0. The third kappa shape index (κ3) is 2.44. The maximum Gasteiger partial charge on any atom is 0.161 e. The molecular weight excluding hydrogens is 300 g/mol. The van der Waals surface area contributed by atoms with Crippen LogP contribution in [-0.2, 0) is 0 Å². The second-order valence-electron chi connectivity index (χ2n) is 5.20. The van der Waals surface area contributed by atoms with Gasteiger partial charge in [-0.25, -0.2) is 9.97 Å². The maximum absolute atomic E-state index is 8.89. The van der Waals surface area contributed by atoms with Crippen LogP contribution >= 0.6 is 0 Å². The molecule has 0 fully saturated rings. The lowest BCUT2D eigenvalue weighted by atomic mass is 10.1. The van der Waals surface area contributed by atoms with Gasteiger partial charge in [-0.2, -0.15) is 10.4 Å². The van der Waals surface area contributed by atoms with Gasteiger partial charge >= 0.3 is 0 Å². The maximum atomic E-state index is 8.89. The van der Waals surface area contributed by atoms with Gasteiger partial charge in [-0.1, -0.05) is 30.3 Å². The Morgan fingerprint density at radius 2 is 1.75 bits per heavy atom. The summed E-state index contributed by atoms with van der Waals surface area (Å²) >= 11 is 0. The highest BCUT2D eigenvalue weighted by Crippen LogP contribution is 2.31. The molecule has 6 nitrogen and oxygen atoms in total. The molecule has 0 spiro atoms. The smallest absolute Gasteiger partial charge is 0.161 e. The fraction of sp³-hybridized carbons (Fsp3) is 0. The van der Waals surface area contributed by atoms with E-state index in [0.29, 0.717) is 17.0 Å². The summed E-state index contributed by atoms with van der Waals surface area (Å²) in [6, 6.07) is 19.2. The minimum atomic E-state index is 0.613. The Morgan fingerprint density at radius 3 is 2.50 bits per heavy atom. The zero-order valence-electron chi connectivity index (χ0n) is 12.6. The van der Waals surface area contributed by atoms with E-state index >= 15 is 0 Å². The van der Waals surface area contributed by atoms with Crippen LogP contribution in [0.3, 0.4) is 0 Å². The number of nitrogens with one attached hydrogen (secondary N) is 2. The number of aromatic nitrogens is 4. The van der Waals surface area contributed by atoms with E-state index in [4.69, 9.17) is 5.26 Å². The molecule has 0 bridgehead atoms. The molecule has 2 N–H and O–H groups in total. The van der Waals surface area contributed by atoms with E-state index in [2.05, 4.69) is 31.6 Å². The second kappa shape index (κ2) is 5.82. The van der Waals surface area contributed by atoms with Gasteiger partial charge in [0, 0.05) is 11.3 Å². The van der Waals surface area contributed by atoms with Crippen molar-refractivity contribution in [2.45, 2.75) is 0 Å². The number of aromatic amines is 1. The van der Waals surface area contributed by atoms with Crippen molar-refractivity contribution < 1.29 is 0 Å². The van der Waals surface area contributed by atoms with Crippen molar-refractivity contribution in [2.24, 2.45) is 0 Å². The van der Waals surface area contributed by atoms with Crippen molar-refractivity contribution in [3.63, 3.8) is 0 Å². The molecule has 0 amide bonds. The van der Waals surface area contributed by atoms with Crippen LogP contribution in [0.2, 0.25) is 0 Å². The highest BCUT2D eigenvalue weighted by molar-refractivity contribution is 5.99. The Labute approximate surface area is 137 Å². The third-order valence-electron chi connectivity index (χ3n) is 3.68. The molecule has 0 aliphatic rings. The molecule has 24 heavy (non-hydrogen) atoms. The van der Waals surface area contributed by atoms with E-state index in [9.17, 15) is 0 Å². The molecule has 0 aliphatic carbocycles. The zero-order valence-corrected chi connectivity index (χ0v) is 12.6. The number of hydrogen-bond donors (Lipinski definition) is 2. The highest BCUT2D eigenvalue weighted by atomic mass is 15.2. The van der Waals surface area contributed by atoms with Gasteiger partial charge < -0.3 is 5.32 Å². The van der Waals surface area contributed by atoms with Gasteiger partial charge in [-0.15, -0.1) is 0 Å². The van der Waals surface area contributed by atoms with Crippen LogP contribution in [0.15, 0.2) is 60.9 Å². The molecule has 2 aromatic heterocycles. The van der Waals surface area contributed by atoms with Gasteiger partial charge in [0.2, 0.25) is 0 Å². The predicted molar refractivity (Wildman–Crippen MR) is 91.6 cm³/mol. The molecule has 0 saturated heterocycles. The van der Waals surface area contributed by atoms with E-state index in [0.717, 1.165) is 22.3 Å². The molecule has 0 atom stereocenters. The van der Waals surface area contributed by atoms with Crippen LogP contribution in [0.4, 0.5) is 11.5 Å². The fourth-order valence-electron chi connectivity index (χ4n) is 2.52. The SMILES string of the molecule is N#Cc1ccc(Nc2ncnc3[nH]nc(-c4ccccc4)c23)cc1. The topological polar surface area (TPSA) is 90.3 Å². The van der Waals surface area contributed by atoms with Crippen LogP contribution in [0.25, 0.3) is 22.3 Å². The molecule has 6 heteroatoms. The number of fused-ring (bicyclic) bond motifs is 1. The minimum absolute atomic E-state index is 0.613. The number of rotatable bonds is 3. The number of anilines is 2. The molecule has 114 valence electrons. The fourth-order valence-corrected chi connectivity index (χ4v) is 2.52. The normalized spacial score (nSPS) is 10.5. The number of nitriles is 1. The zero-order chi connectivity index (χ0) is 16.4. The number of nitrogens with zero attached hydrogens (tertiary/aromatic N) is 4. The van der Waals surface area contributed by atoms with Gasteiger partial charge in [0.1, 0.15) is 17.8 Å². The first-order valence-corrected chi connectivity index (χ1v) is 7.37. The lowest BCUT2D eigenvalue weighted by Gasteiger charge is -2.07. The van der Waals surface area contributed by atoms with Crippen molar-refractivity contribution in [1.29, 1.82) is 5.26 Å². The first kappa shape index (κ1) is 13.9. The summed E-state index contributed by atoms with van der Waals surface area (Å²) < 4.78 is 0. The monoisotopic (exact) mass is 312 g/mol. The van der Waals surface area contributed by atoms with E-state index in [1.807, 2.05) is 42.5 Å². The van der Waals surface area contributed by atoms with Crippen LogP contribution in [0.5, 0.6) is 0 Å². The second-order valence-corrected chi connectivity index (χ2v) is 5.20. The van der Waals surface area contributed by atoms with Gasteiger partial charge in [0.15, 0.2) is 5.65 Å². The minimum Gasteiger partial charge on any atom is -0.339 e. The Morgan fingerprint density at radius 1 is 0.958 bits per heavy atom. The molecule has 0 radical (unpaired) electrons. The van der Waals surface area contributed by atoms with Crippen molar-refractivity contribution in [3.05, 3.63) is 66.5 Å². The van der Waals surface area contributed by atoms with Gasteiger partial charge in [0.25, 0.3) is 0 Å². The Balaban J connectivity index is 1.80. The summed E-state index contributed by atoms with van der Waals surface area (Å²) in [6.07, 6.45) is 1.49. The Kier molecular flexibility index (Phi) is 3.37. The van der Waals surface area contributed by atoms with E-state index in [1.165, 1.54) is 6.33 Å². The van der Waals surface area contributed by atoms with E-state index in [-0.39, 0.29) is 0 Å². The molecule has 2 heterocycles.